The first-order chi connectivity index (χ1) is 7.18. The van der Waals surface area contributed by atoms with Gasteiger partial charge in [-0.25, -0.2) is 4.79 Å². The number of hydrogen-bond donors (Lipinski definition) is 0. The van der Waals surface area contributed by atoms with E-state index < -0.39 is 0 Å². The van der Waals surface area contributed by atoms with E-state index in [4.69, 9.17) is 4.74 Å². The van der Waals surface area contributed by atoms with Crippen molar-refractivity contribution in [3.8, 4) is 0 Å². The SMILES string of the molecule is C=CC(=O)OC(CC)(CC)C1CCCC1. The van der Waals surface area contributed by atoms with E-state index in [-0.39, 0.29) is 11.6 Å². The van der Waals surface area contributed by atoms with Gasteiger partial charge in [-0.3, -0.25) is 0 Å². The number of hydrogen-bond acceptors (Lipinski definition) is 2. The average Bonchev–Trinajstić information content (AvgIpc) is 2.79. The second-order valence-corrected chi connectivity index (χ2v) is 4.38. The van der Waals surface area contributed by atoms with Gasteiger partial charge in [0.05, 0.1) is 0 Å². The van der Waals surface area contributed by atoms with Crippen LogP contribution < -0.4 is 0 Å². The summed E-state index contributed by atoms with van der Waals surface area (Å²) in [6.07, 6.45) is 8.05. The summed E-state index contributed by atoms with van der Waals surface area (Å²) >= 11 is 0. The van der Waals surface area contributed by atoms with Crippen molar-refractivity contribution in [2.24, 2.45) is 5.92 Å². The maximum atomic E-state index is 11.4. The van der Waals surface area contributed by atoms with Crippen LogP contribution in [0, 0.1) is 5.92 Å². The monoisotopic (exact) mass is 210 g/mol. The zero-order valence-corrected chi connectivity index (χ0v) is 9.92. The highest BCUT2D eigenvalue weighted by Gasteiger charge is 2.40. The van der Waals surface area contributed by atoms with Crippen molar-refractivity contribution >= 4 is 5.97 Å². The molecule has 1 aliphatic rings. The van der Waals surface area contributed by atoms with Crippen LogP contribution in [0.25, 0.3) is 0 Å². The van der Waals surface area contributed by atoms with Crippen LogP contribution in [-0.2, 0) is 9.53 Å². The third kappa shape index (κ3) is 2.61. The Morgan fingerprint density at radius 3 is 2.33 bits per heavy atom. The van der Waals surface area contributed by atoms with E-state index >= 15 is 0 Å². The molecule has 15 heavy (non-hydrogen) atoms. The molecule has 0 unspecified atom stereocenters. The summed E-state index contributed by atoms with van der Waals surface area (Å²) in [5.74, 6) is 0.280. The molecular formula is C13H22O2. The quantitative estimate of drug-likeness (QED) is 0.513. The smallest absolute Gasteiger partial charge is 0.330 e. The van der Waals surface area contributed by atoms with Crippen LogP contribution in [0.5, 0.6) is 0 Å². The van der Waals surface area contributed by atoms with Gasteiger partial charge in [-0.1, -0.05) is 33.3 Å². The van der Waals surface area contributed by atoms with Crippen LogP contribution in [0.1, 0.15) is 52.4 Å². The lowest BCUT2D eigenvalue weighted by atomic mass is 9.81. The Bertz CT molecular complexity index is 223. The number of carbonyl (C=O) groups excluding carboxylic acids is 1. The maximum Gasteiger partial charge on any atom is 0.330 e. The molecule has 0 N–H and O–H groups in total. The predicted molar refractivity (Wildman–Crippen MR) is 61.6 cm³/mol. The third-order valence-corrected chi connectivity index (χ3v) is 3.77. The summed E-state index contributed by atoms with van der Waals surface area (Å²) in [7, 11) is 0. The van der Waals surface area contributed by atoms with Gasteiger partial charge in [0.2, 0.25) is 0 Å². The van der Waals surface area contributed by atoms with Gasteiger partial charge in [0.15, 0.2) is 0 Å². The van der Waals surface area contributed by atoms with Crippen molar-refractivity contribution < 1.29 is 9.53 Å². The molecule has 1 saturated carbocycles. The molecule has 0 aliphatic heterocycles. The molecule has 0 aromatic rings. The lowest BCUT2D eigenvalue weighted by molar-refractivity contribution is -0.161. The Morgan fingerprint density at radius 1 is 1.40 bits per heavy atom. The van der Waals surface area contributed by atoms with Crippen molar-refractivity contribution in [3.05, 3.63) is 12.7 Å². The van der Waals surface area contributed by atoms with Crippen molar-refractivity contribution in [1.82, 2.24) is 0 Å². The lowest BCUT2D eigenvalue weighted by Crippen LogP contribution is -2.40. The second-order valence-electron chi connectivity index (χ2n) is 4.38. The number of rotatable bonds is 5. The highest BCUT2D eigenvalue weighted by molar-refractivity contribution is 5.81. The standard InChI is InChI=1S/C13H22O2/c1-4-12(14)15-13(5-2,6-3)11-9-7-8-10-11/h4,11H,1,5-10H2,2-3H3. The van der Waals surface area contributed by atoms with Gasteiger partial charge in [0.1, 0.15) is 5.60 Å². The van der Waals surface area contributed by atoms with E-state index in [1.165, 1.54) is 31.8 Å². The van der Waals surface area contributed by atoms with Crippen LogP contribution in [0.2, 0.25) is 0 Å². The van der Waals surface area contributed by atoms with Crippen LogP contribution >= 0.6 is 0 Å². The average molecular weight is 210 g/mol. The zero-order chi connectivity index (χ0) is 11.3. The largest absolute Gasteiger partial charge is 0.456 e. The first-order valence-electron chi connectivity index (χ1n) is 6.04. The Balaban J connectivity index is 2.75. The van der Waals surface area contributed by atoms with E-state index in [1.807, 2.05) is 0 Å². The number of carbonyl (C=O) groups is 1. The molecule has 0 aromatic carbocycles. The van der Waals surface area contributed by atoms with Crippen LogP contribution in [-0.4, -0.2) is 11.6 Å². The first-order valence-corrected chi connectivity index (χ1v) is 6.04. The fourth-order valence-corrected chi connectivity index (χ4v) is 2.75. The summed E-state index contributed by atoms with van der Waals surface area (Å²) in [5.41, 5.74) is -0.234. The minimum absolute atomic E-state index is 0.234. The minimum Gasteiger partial charge on any atom is -0.456 e. The molecule has 0 spiro atoms. The highest BCUT2D eigenvalue weighted by atomic mass is 16.6. The fourth-order valence-electron chi connectivity index (χ4n) is 2.75. The molecular weight excluding hydrogens is 188 g/mol. The van der Waals surface area contributed by atoms with E-state index in [2.05, 4.69) is 20.4 Å². The minimum atomic E-state index is -0.273. The van der Waals surface area contributed by atoms with Gasteiger partial charge < -0.3 is 4.74 Å². The van der Waals surface area contributed by atoms with Gasteiger partial charge in [-0.05, 0) is 31.6 Å². The summed E-state index contributed by atoms with van der Waals surface area (Å²) in [5, 5.41) is 0. The highest BCUT2D eigenvalue weighted by Crippen LogP contribution is 2.40. The summed E-state index contributed by atoms with van der Waals surface area (Å²) in [6, 6.07) is 0. The normalized spacial score (nSPS) is 17.7. The number of esters is 1. The molecule has 0 atom stereocenters. The van der Waals surface area contributed by atoms with Crippen molar-refractivity contribution in [3.63, 3.8) is 0 Å². The van der Waals surface area contributed by atoms with Gasteiger partial charge in [-0.2, -0.15) is 0 Å². The van der Waals surface area contributed by atoms with Crippen molar-refractivity contribution in [1.29, 1.82) is 0 Å². The fraction of sp³-hybridized carbons (Fsp3) is 0.769. The Hall–Kier alpha value is -0.790. The zero-order valence-electron chi connectivity index (χ0n) is 9.92. The molecule has 0 saturated heterocycles. The van der Waals surface area contributed by atoms with E-state index in [0.717, 1.165) is 12.8 Å². The van der Waals surface area contributed by atoms with Gasteiger partial charge in [0, 0.05) is 6.08 Å². The lowest BCUT2D eigenvalue weighted by Gasteiger charge is -2.36. The van der Waals surface area contributed by atoms with Gasteiger partial charge in [-0.15, -0.1) is 0 Å². The second kappa shape index (κ2) is 5.34. The predicted octanol–water partition coefficient (Wildman–Crippen LogP) is 3.46. The molecule has 1 aliphatic carbocycles. The van der Waals surface area contributed by atoms with Crippen molar-refractivity contribution in [2.45, 2.75) is 58.0 Å². The van der Waals surface area contributed by atoms with E-state index in [0.29, 0.717) is 5.92 Å². The molecule has 1 rings (SSSR count). The topological polar surface area (TPSA) is 26.3 Å². The summed E-state index contributed by atoms with van der Waals surface area (Å²) < 4.78 is 5.61. The molecule has 0 heterocycles. The van der Waals surface area contributed by atoms with E-state index in [1.54, 1.807) is 0 Å². The molecule has 2 nitrogen and oxygen atoms in total. The third-order valence-electron chi connectivity index (χ3n) is 3.77. The first kappa shape index (κ1) is 12.3. The van der Waals surface area contributed by atoms with Gasteiger partial charge in [0.25, 0.3) is 0 Å². The molecule has 86 valence electrons. The van der Waals surface area contributed by atoms with Crippen LogP contribution in [0.15, 0.2) is 12.7 Å². The summed E-state index contributed by atoms with van der Waals surface area (Å²) in [4.78, 5) is 11.4. The molecule has 0 radical (unpaired) electrons. The Morgan fingerprint density at radius 2 is 1.93 bits per heavy atom. The van der Waals surface area contributed by atoms with Crippen LogP contribution in [0.4, 0.5) is 0 Å². The maximum absolute atomic E-state index is 11.4. The van der Waals surface area contributed by atoms with E-state index in [9.17, 15) is 4.79 Å². The van der Waals surface area contributed by atoms with Crippen LogP contribution in [0.3, 0.4) is 0 Å². The van der Waals surface area contributed by atoms with Crippen molar-refractivity contribution in [2.75, 3.05) is 0 Å². The Labute approximate surface area is 92.7 Å². The Kier molecular flexibility index (Phi) is 4.37. The van der Waals surface area contributed by atoms with Gasteiger partial charge >= 0.3 is 5.97 Å². The number of ether oxygens (including phenoxy) is 1. The molecule has 0 amide bonds. The summed E-state index contributed by atoms with van der Waals surface area (Å²) in [6.45, 7) is 7.68. The molecule has 1 fully saturated rings. The molecule has 2 heteroatoms. The molecule has 0 aromatic heterocycles. The molecule has 0 bridgehead atoms.